The minimum Gasteiger partial charge on any atom is -0.457 e. The Kier molecular flexibility index (Phi) is 5.46. The van der Waals surface area contributed by atoms with Crippen molar-refractivity contribution in [1.82, 2.24) is 5.32 Å². The van der Waals surface area contributed by atoms with Gasteiger partial charge in [-0.25, -0.2) is 4.99 Å². The Morgan fingerprint density at radius 3 is 2.32 bits per heavy atom. The molecule has 0 radical (unpaired) electrons. The van der Waals surface area contributed by atoms with Crippen LogP contribution in [0.5, 0.6) is 11.5 Å². The van der Waals surface area contributed by atoms with Gasteiger partial charge in [-0.3, -0.25) is 4.79 Å². The first-order chi connectivity index (χ1) is 13.7. The molecule has 138 valence electrons. The highest BCUT2D eigenvalue weighted by Gasteiger charge is 2.24. The van der Waals surface area contributed by atoms with E-state index in [1.807, 2.05) is 72.8 Å². The fourth-order valence-corrected chi connectivity index (χ4v) is 3.55. The Balaban J connectivity index is 1.48. The zero-order valence-electron chi connectivity index (χ0n) is 14.6. The molecule has 0 atom stereocenters. The number of carbonyl (C=O) groups excluding carboxylic acids is 1. The zero-order valence-corrected chi connectivity index (χ0v) is 16.2. The number of amides is 1. The molecule has 1 saturated heterocycles. The number of nitrogens with one attached hydrogen (secondary N) is 1. The molecule has 1 fully saturated rings. The summed E-state index contributed by atoms with van der Waals surface area (Å²) >= 11 is 7.41. The monoisotopic (exact) mass is 406 g/mol. The summed E-state index contributed by atoms with van der Waals surface area (Å²) in [6, 6.07) is 24.4. The highest BCUT2D eigenvalue weighted by atomic mass is 35.5. The average Bonchev–Trinajstić information content (AvgIpc) is 3.05. The molecule has 3 aromatic rings. The zero-order chi connectivity index (χ0) is 19.3. The van der Waals surface area contributed by atoms with Crippen LogP contribution < -0.4 is 10.1 Å². The molecule has 6 heteroatoms. The van der Waals surface area contributed by atoms with E-state index in [0.29, 0.717) is 20.8 Å². The van der Waals surface area contributed by atoms with Crippen molar-refractivity contribution >= 4 is 46.2 Å². The van der Waals surface area contributed by atoms with E-state index in [1.54, 1.807) is 12.1 Å². The predicted octanol–water partition coefficient (Wildman–Crippen LogP) is 6.02. The largest absolute Gasteiger partial charge is 0.457 e. The van der Waals surface area contributed by atoms with E-state index in [2.05, 4.69) is 10.3 Å². The Morgan fingerprint density at radius 1 is 0.893 bits per heavy atom. The molecule has 28 heavy (non-hydrogen) atoms. The lowest BCUT2D eigenvalue weighted by atomic mass is 10.2. The van der Waals surface area contributed by atoms with E-state index < -0.39 is 0 Å². The van der Waals surface area contributed by atoms with Crippen molar-refractivity contribution in [2.75, 3.05) is 0 Å². The van der Waals surface area contributed by atoms with Crippen LogP contribution in [0.15, 0.2) is 88.8 Å². The standard InChI is InChI=1S/C22H15ClN2O2S/c23-18-8-4-5-9-19(18)24-22-25-21(26)20(28-22)14-15-10-12-17(13-11-15)27-16-6-2-1-3-7-16/h1-14H,(H,24,25,26)/b20-14+. The van der Waals surface area contributed by atoms with Crippen LogP contribution in [0, 0.1) is 0 Å². The number of aliphatic imine (C=N–C) groups is 1. The summed E-state index contributed by atoms with van der Waals surface area (Å²) in [5.74, 6) is 1.33. The molecule has 0 aromatic heterocycles. The van der Waals surface area contributed by atoms with Gasteiger partial charge in [0, 0.05) is 0 Å². The summed E-state index contributed by atoms with van der Waals surface area (Å²) in [5, 5.41) is 3.81. The van der Waals surface area contributed by atoms with Gasteiger partial charge >= 0.3 is 0 Å². The number of hydrogen-bond acceptors (Lipinski definition) is 4. The maximum Gasteiger partial charge on any atom is 0.264 e. The van der Waals surface area contributed by atoms with Gasteiger partial charge in [0.25, 0.3) is 5.91 Å². The van der Waals surface area contributed by atoms with Gasteiger partial charge in [0.2, 0.25) is 0 Å². The minimum absolute atomic E-state index is 0.180. The topological polar surface area (TPSA) is 50.7 Å². The Morgan fingerprint density at radius 2 is 1.57 bits per heavy atom. The van der Waals surface area contributed by atoms with E-state index in [9.17, 15) is 4.79 Å². The van der Waals surface area contributed by atoms with Gasteiger partial charge in [-0.2, -0.15) is 0 Å². The lowest BCUT2D eigenvalue weighted by molar-refractivity contribution is -0.115. The van der Waals surface area contributed by atoms with Crippen molar-refractivity contribution < 1.29 is 9.53 Å². The predicted molar refractivity (Wildman–Crippen MR) is 115 cm³/mol. The number of nitrogens with zero attached hydrogens (tertiary/aromatic N) is 1. The van der Waals surface area contributed by atoms with Crippen LogP contribution >= 0.6 is 23.4 Å². The number of ether oxygens (including phenoxy) is 1. The van der Waals surface area contributed by atoms with Crippen LogP contribution in [0.3, 0.4) is 0 Å². The van der Waals surface area contributed by atoms with E-state index in [4.69, 9.17) is 16.3 Å². The molecule has 4 nitrogen and oxygen atoms in total. The van der Waals surface area contributed by atoms with Crippen molar-refractivity contribution in [2.24, 2.45) is 4.99 Å². The maximum absolute atomic E-state index is 12.2. The number of thioether (sulfide) groups is 1. The number of para-hydroxylation sites is 2. The molecule has 1 amide bonds. The molecule has 1 aliphatic rings. The molecule has 0 unspecified atom stereocenters. The summed E-state index contributed by atoms with van der Waals surface area (Å²) in [7, 11) is 0. The molecule has 4 rings (SSSR count). The Bertz CT molecular complexity index is 1060. The van der Waals surface area contributed by atoms with Crippen molar-refractivity contribution in [3.8, 4) is 11.5 Å². The van der Waals surface area contributed by atoms with Crippen LogP contribution in [0.25, 0.3) is 6.08 Å². The first kappa shape index (κ1) is 18.3. The lowest BCUT2D eigenvalue weighted by Gasteiger charge is -2.05. The smallest absolute Gasteiger partial charge is 0.264 e. The number of hydrogen-bond donors (Lipinski definition) is 1. The highest BCUT2D eigenvalue weighted by molar-refractivity contribution is 8.18. The molecule has 0 saturated carbocycles. The number of rotatable bonds is 4. The summed E-state index contributed by atoms with van der Waals surface area (Å²) < 4.78 is 5.78. The highest BCUT2D eigenvalue weighted by Crippen LogP contribution is 2.31. The van der Waals surface area contributed by atoms with Gasteiger partial charge in [-0.15, -0.1) is 0 Å². The number of benzene rings is 3. The molecular formula is C22H15ClN2O2S. The second-order valence-corrected chi connectivity index (χ2v) is 7.36. The number of amidine groups is 1. The number of halogens is 1. The third kappa shape index (κ3) is 4.44. The first-order valence-corrected chi connectivity index (χ1v) is 9.74. The second-order valence-electron chi connectivity index (χ2n) is 5.92. The molecule has 0 aliphatic carbocycles. The van der Waals surface area contributed by atoms with Gasteiger partial charge < -0.3 is 10.1 Å². The van der Waals surface area contributed by atoms with Crippen molar-refractivity contribution in [3.05, 3.63) is 94.4 Å². The van der Waals surface area contributed by atoms with Crippen molar-refractivity contribution in [1.29, 1.82) is 0 Å². The summed E-state index contributed by atoms with van der Waals surface area (Å²) in [6.45, 7) is 0. The summed E-state index contributed by atoms with van der Waals surface area (Å²) in [6.07, 6.45) is 1.82. The SMILES string of the molecule is O=C1NC(=Nc2ccccc2Cl)S/C1=C/c1ccc(Oc2ccccc2)cc1. The van der Waals surface area contributed by atoms with E-state index in [1.165, 1.54) is 11.8 Å². The second kappa shape index (κ2) is 8.33. The molecule has 1 heterocycles. The maximum atomic E-state index is 12.2. The third-order valence-electron chi connectivity index (χ3n) is 3.88. The molecule has 0 spiro atoms. The quantitative estimate of drug-likeness (QED) is 0.538. The van der Waals surface area contributed by atoms with Crippen LogP contribution in [0.1, 0.15) is 5.56 Å². The summed E-state index contributed by atoms with van der Waals surface area (Å²) in [4.78, 5) is 17.2. The summed E-state index contributed by atoms with van der Waals surface area (Å²) in [5.41, 5.74) is 1.52. The van der Waals surface area contributed by atoms with Crippen LogP contribution in [-0.2, 0) is 4.79 Å². The molecular weight excluding hydrogens is 392 g/mol. The molecule has 0 bridgehead atoms. The first-order valence-electron chi connectivity index (χ1n) is 8.54. The molecule has 1 N–H and O–H groups in total. The van der Waals surface area contributed by atoms with Gasteiger partial charge in [0.1, 0.15) is 11.5 Å². The van der Waals surface area contributed by atoms with Crippen molar-refractivity contribution in [2.45, 2.75) is 0 Å². The molecule has 1 aliphatic heterocycles. The van der Waals surface area contributed by atoms with Gasteiger partial charge in [-0.05, 0) is 59.8 Å². The fraction of sp³-hybridized carbons (Fsp3) is 0. The van der Waals surface area contributed by atoms with E-state index in [-0.39, 0.29) is 5.91 Å². The minimum atomic E-state index is -0.180. The third-order valence-corrected chi connectivity index (χ3v) is 5.11. The normalized spacial score (nSPS) is 16.4. The lowest BCUT2D eigenvalue weighted by Crippen LogP contribution is -2.19. The van der Waals surface area contributed by atoms with E-state index >= 15 is 0 Å². The molecule has 3 aromatic carbocycles. The van der Waals surface area contributed by atoms with E-state index in [0.717, 1.165) is 17.1 Å². The van der Waals surface area contributed by atoms with Gasteiger partial charge in [0.05, 0.1) is 15.6 Å². The van der Waals surface area contributed by atoms with Gasteiger partial charge in [0.15, 0.2) is 5.17 Å². The Labute approximate surface area is 171 Å². The number of carbonyl (C=O) groups is 1. The van der Waals surface area contributed by atoms with Crippen LogP contribution in [0.2, 0.25) is 5.02 Å². The fourth-order valence-electron chi connectivity index (χ4n) is 2.54. The Hall–Kier alpha value is -3.02. The van der Waals surface area contributed by atoms with Crippen LogP contribution in [0.4, 0.5) is 5.69 Å². The average molecular weight is 407 g/mol. The van der Waals surface area contributed by atoms with Crippen LogP contribution in [-0.4, -0.2) is 11.1 Å². The van der Waals surface area contributed by atoms with Crippen molar-refractivity contribution in [3.63, 3.8) is 0 Å². The van der Waals surface area contributed by atoms with Gasteiger partial charge in [-0.1, -0.05) is 54.1 Å².